The average Bonchev–Trinajstić information content (AvgIpc) is 2.05. The summed E-state index contributed by atoms with van der Waals surface area (Å²) in [4.78, 5) is 13.3. The lowest BCUT2D eigenvalue weighted by molar-refractivity contribution is -0.359. The van der Waals surface area contributed by atoms with Gasteiger partial charge < -0.3 is 65.1 Å². The van der Waals surface area contributed by atoms with E-state index in [0.29, 0.717) is 12.8 Å². The number of hydrogen-bond donors (Lipinski definition) is 9. The van der Waals surface area contributed by atoms with Crippen molar-refractivity contribution in [1.29, 1.82) is 0 Å². The van der Waals surface area contributed by atoms with E-state index in [0.717, 1.165) is 77.0 Å². The molecule has 0 aliphatic carbocycles. The molecule has 2 aliphatic heterocycles. The van der Waals surface area contributed by atoms with Crippen LogP contribution < -0.4 is 5.32 Å². The topological polar surface area (TPSA) is 228 Å². The molecule has 0 aromatic rings. The van der Waals surface area contributed by atoms with Crippen molar-refractivity contribution < 1.29 is 64.6 Å². The number of carbonyl (C=O) groups is 1. The summed E-state index contributed by atoms with van der Waals surface area (Å²) in [5, 5.41) is 87.2. The van der Waals surface area contributed by atoms with Crippen LogP contribution in [0.2, 0.25) is 0 Å². The van der Waals surface area contributed by atoms with E-state index in [4.69, 9.17) is 18.9 Å². The minimum Gasteiger partial charge on any atom is -0.394 e. The van der Waals surface area contributed by atoms with E-state index in [-0.39, 0.29) is 18.9 Å². The van der Waals surface area contributed by atoms with Gasteiger partial charge in [0, 0.05) is 6.42 Å². The molecule has 14 nitrogen and oxygen atoms in total. The number of amides is 1. The van der Waals surface area contributed by atoms with Crippen LogP contribution in [0.5, 0.6) is 0 Å². The SMILES string of the molecule is CC/C=C\C/C=C\C/C=C\C/C=C\C/C=C\CCCCCCCCCCCCCCCCCCCCCCCCCC(=O)NC(COC1OC(CO)C(OC2OC(CO)C(O)C(O)C2O)C(O)C1O)C(O)/C=C/CC/C=C/CC/C=C/CCCCCC. The number of aliphatic hydroxyl groups is 8. The molecule has 12 atom stereocenters. The van der Waals surface area contributed by atoms with Gasteiger partial charge in [0.05, 0.1) is 32.0 Å². The van der Waals surface area contributed by atoms with Gasteiger partial charge in [-0.2, -0.15) is 0 Å². The number of hydrogen-bond acceptors (Lipinski definition) is 13. The Bertz CT molecular complexity index is 1830. The fourth-order valence-electron chi connectivity index (χ4n) is 10.9. The molecule has 9 N–H and O–H groups in total. The highest BCUT2D eigenvalue weighted by Gasteiger charge is 2.51. The molecule has 2 heterocycles. The number of allylic oxidation sites excluding steroid dienone is 15. The van der Waals surface area contributed by atoms with Crippen LogP contribution in [-0.4, -0.2) is 140 Å². The molecule has 14 heteroatoms. The van der Waals surface area contributed by atoms with Gasteiger partial charge in [0.15, 0.2) is 12.6 Å². The zero-order chi connectivity index (χ0) is 63.1. The molecular weight excluding hydrogens is 1100 g/mol. The maximum atomic E-state index is 13.3. The molecule has 0 saturated carbocycles. The van der Waals surface area contributed by atoms with Crippen LogP contribution in [0.25, 0.3) is 0 Å². The lowest BCUT2D eigenvalue weighted by Crippen LogP contribution is -2.65. The number of ether oxygens (including phenoxy) is 4. The van der Waals surface area contributed by atoms with E-state index in [2.05, 4.69) is 104 Å². The van der Waals surface area contributed by atoms with E-state index in [9.17, 15) is 45.6 Å². The summed E-state index contributed by atoms with van der Waals surface area (Å²) in [7, 11) is 0. The first-order valence-corrected chi connectivity index (χ1v) is 35.0. The van der Waals surface area contributed by atoms with Crippen molar-refractivity contribution in [3.8, 4) is 0 Å². The molecule has 0 aromatic carbocycles. The van der Waals surface area contributed by atoms with Crippen molar-refractivity contribution >= 4 is 5.91 Å². The monoisotopic (exact) mass is 1230 g/mol. The van der Waals surface area contributed by atoms with E-state index < -0.39 is 86.8 Å². The van der Waals surface area contributed by atoms with Crippen molar-refractivity contribution in [1.82, 2.24) is 5.32 Å². The smallest absolute Gasteiger partial charge is 0.220 e. The molecule has 0 radical (unpaired) electrons. The first-order chi connectivity index (χ1) is 42.6. The highest BCUT2D eigenvalue weighted by atomic mass is 16.7. The molecule has 1 amide bonds. The third-order valence-electron chi connectivity index (χ3n) is 16.5. The van der Waals surface area contributed by atoms with Crippen LogP contribution in [0, 0.1) is 0 Å². The average molecular weight is 1230 g/mol. The van der Waals surface area contributed by atoms with E-state index in [1.807, 2.05) is 6.08 Å². The molecule has 87 heavy (non-hydrogen) atoms. The van der Waals surface area contributed by atoms with E-state index >= 15 is 0 Å². The first kappa shape index (κ1) is 80.0. The van der Waals surface area contributed by atoms with Crippen LogP contribution >= 0.6 is 0 Å². The summed E-state index contributed by atoms with van der Waals surface area (Å²) in [5.74, 6) is -0.253. The third-order valence-corrected chi connectivity index (χ3v) is 16.5. The summed E-state index contributed by atoms with van der Waals surface area (Å²) in [5.41, 5.74) is 0. The van der Waals surface area contributed by atoms with E-state index in [1.165, 1.54) is 154 Å². The van der Waals surface area contributed by atoms with Crippen LogP contribution in [-0.2, 0) is 23.7 Å². The largest absolute Gasteiger partial charge is 0.394 e. The Morgan fingerprint density at radius 2 is 0.805 bits per heavy atom. The Hall–Kier alpha value is -3.09. The van der Waals surface area contributed by atoms with Crippen LogP contribution in [0.4, 0.5) is 0 Å². The molecule has 0 spiro atoms. The second-order valence-corrected chi connectivity index (χ2v) is 24.3. The van der Waals surface area contributed by atoms with Crippen LogP contribution in [0.1, 0.15) is 264 Å². The molecule has 2 fully saturated rings. The van der Waals surface area contributed by atoms with E-state index in [1.54, 1.807) is 6.08 Å². The summed E-state index contributed by atoms with van der Waals surface area (Å²) in [6.07, 6.45) is 63.5. The van der Waals surface area contributed by atoms with Crippen molar-refractivity contribution in [2.45, 2.75) is 338 Å². The van der Waals surface area contributed by atoms with Crippen molar-refractivity contribution in [3.63, 3.8) is 0 Å². The van der Waals surface area contributed by atoms with Crippen LogP contribution in [0.3, 0.4) is 0 Å². The summed E-state index contributed by atoms with van der Waals surface area (Å²) in [6, 6.07) is -0.940. The fourth-order valence-corrected chi connectivity index (χ4v) is 10.9. The number of unbranched alkanes of at least 4 members (excludes halogenated alkanes) is 29. The lowest BCUT2D eigenvalue weighted by Gasteiger charge is -2.46. The highest BCUT2D eigenvalue weighted by Crippen LogP contribution is 2.30. The van der Waals surface area contributed by atoms with Crippen LogP contribution in [0.15, 0.2) is 97.2 Å². The Labute approximate surface area is 528 Å². The summed E-state index contributed by atoms with van der Waals surface area (Å²) >= 11 is 0. The van der Waals surface area contributed by atoms with Gasteiger partial charge in [0.25, 0.3) is 0 Å². The van der Waals surface area contributed by atoms with Gasteiger partial charge in [-0.25, -0.2) is 0 Å². The van der Waals surface area contributed by atoms with Crippen molar-refractivity contribution in [3.05, 3.63) is 97.2 Å². The Morgan fingerprint density at radius 3 is 1.26 bits per heavy atom. The van der Waals surface area contributed by atoms with Gasteiger partial charge in [-0.05, 0) is 89.9 Å². The Balaban J connectivity index is 1.57. The van der Waals surface area contributed by atoms with Gasteiger partial charge in [0.2, 0.25) is 5.91 Å². The normalized spacial score (nSPS) is 23.9. The van der Waals surface area contributed by atoms with Gasteiger partial charge in [-0.1, -0.05) is 265 Å². The first-order valence-electron chi connectivity index (χ1n) is 35.0. The molecule has 12 unspecified atom stereocenters. The predicted molar refractivity (Wildman–Crippen MR) is 355 cm³/mol. The zero-order valence-electron chi connectivity index (χ0n) is 54.5. The molecule has 0 bridgehead atoms. The minimum absolute atomic E-state index is 0.253. The number of rotatable bonds is 56. The van der Waals surface area contributed by atoms with Gasteiger partial charge in [0.1, 0.15) is 48.8 Å². The quantitative estimate of drug-likeness (QED) is 0.0204. The number of nitrogens with one attached hydrogen (secondary N) is 1. The lowest BCUT2D eigenvalue weighted by atomic mass is 9.97. The van der Waals surface area contributed by atoms with Gasteiger partial charge in [-0.15, -0.1) is 0 Å². The predicted octanol–water partition coefficient (Wildman–Crippen LogP) is 14.2. The van der Waals surface area contributed by atoms with Gasteiger partial charge >= 0.3 is 0 Å². The number of aliphatic hydroxyl groups excluding tert-OH is 8. The standard InChI is InChI=1S/C73H127NO13/c1-3-5-7-9-11-13-15-17-19-20-21-22-23-24-25-26-27-28-29-30-31-32-33-34-35-36-37-38-39-40-41-42-43-45-47-49-51-53-55-57-65(78)74-61(62(77)56-54-52-50-48-46-44-18-16-14-12-10-8-6-4-2)60-84-72-70(83)68(81)71(64(59-76)86-72)87-73-69(82)67(80)66(79)63(58-75)85-73/h5,7,11,13-14,16-17,19,21-22,24-25,46,48,54,56,61-64,66-73,75-77,79-83H,3-4,6,8-10,12,15,18,20,23,26-45,47,49-53,55,57-60H2,1-2H3,(H,74,78)/b7-5-,13-11-,16-14+,19-17-,22-21-,25-24-,48-46+,56-54+. The second kappa shape index (κ2) is 56.9. The molecule has 2 aliphatic rings. The fraction of sp³-hybridized carbons (Fsp3) is 0.767. The Kier molecular flexibility index (Phi) is 52.3. The molecule has 2 rings (SSSR count). The number of carbonyl (C=O) groups excluding carboxylic acids is 1. The maximum Gasteiger partial charge on any atom is 0.220 e. The molecular formula is C73H127NO13. The van der Waals surface area contributed by atoms with Gasteiger partial charge in [-0.3, -0.25) is 4.79 Å². The zero-order valence-corrected chi connectivity index (χ0v) is 54.5. The summed E-state index contributed by atoms with van der Waals surface area (Å²) in [6.45, 7) is 2.64. The molecule has 502 valence electrons. The van der Waals surface area contributed by atoms with Crippen molar-refractivity contribution in [2.75, 3.05) is 19.8 Å². The molecule has 0 aromatic heterocycles. The minimum atomic E-state index is -1.79. The maximum absolute atomic E-state index is 13.3. The molecule has 2 saturated heterocycles. The third kappa shape index (κ3) is 41.1. The second-order valence-electron chi connectivity index (χ2n) is 24.3. The summed E-state index contributed by atoms with van der Waals surface area (Å²) < 4.78 is 22.8. The van der Waals surface area contributed by atoms with Crippen molar-refractivity contribution in [2.24, 2.45) is 0 Å². The Morgan fingerprint density at radius 1 is 0.425 bits per heavy atom. The highest BCUT2D eigenvalue weighted by molar-refractivity contribution is 5.76.